The van der Waals surface area contributed by atoms with Crippen molar-refractivity contribution in [1.29, 1.82) is 0 Å². The maximum atomic E-state index is 13.8. The van der Waals surface area contributed by atoms with Gasteiger partial charge in [0.2, 0.25) is 0 Å². The van der Waals surface area contributed by atoms with Gasteiger partial charge >= 0.3 is 0 Å². The van der Waals surface area contributed by atoms with E-state index in [0.29, 0.717) is 29.7 Å². The van der Waals surface area contributed by atoms with Gasteiger partial charge in [0.15, 0.2) is 27.1 Å². The predicted octanol–water partition coefficient (Wildman–Crippen LogP) is 3.67. The van der Waals surface area contributed by atoms with Gasteiger partial charge in [0.25, 0.3) is 0 Å². The summed E-state index contributed by atoms with van der Waals surface area (Å²) in [5, 5.41) is 7.04. The lowest BCUT2D eigenvalue weighted by Crippen LogP contribution is -2.40. The number of furan rings is 1. The standard InChI is InChI=1S/C22H26FN3O4S/c1-4-29-18-10-7-8-16-14-19(30-21(16)18)15(2)26-22(24-3)25-12-13-31(27,28)20-11-6-5-9-17(20)23/h5-11,14-15H,4,12-13H2,1-3H3,(H2,24,25,26). The number of guanidine groups is 1. The van der Waals surface area contributed by atoms with Gasteiger partial charge in [0.1, 0.15) is 16.5 Å². The van der Waals surface area contributed by atoms with E-state index in [-0.39, 0.29) is 23.2 Å². The molecule has 0 amide bonds. The third-order valence-corrected chi connectivity index (χ3v) is 6.41. The smallest absolute Gasteiger partial charge is 0.191 e. The number of hydrogen-bond acceptors (Lipinski definition) is 5. The Hall–Kier alpha value is -3.07. The Labute approximate surface area is 181 Å². The van der Waals surface area contributed by atoms with Crippen LogP contribution in [-0.2, 0) is 9.84 Å². The van der Waals surface area contributed by atoms with Crippen molar-refractivity contribution in [2.45, 2.75) is 24.8 Å². The van der Waals surface area contributed by atoms with Gasteiger partial charge in [-0.05, 0) is 38.1 Å². The maximum Gasteiger partial charge on any atom is 0.191 e. The zero-order valence-corrected chi connectivity index (χ0v) is 18.5. The first-order valence-corrected chi connectivity index (χ1v) is 11.6. The second-order valence-corrected chi connectivity index (χ2v) is 8.95. The molecular weight excluding hydrogens is 421 g/mol. The molecule has 0 bridgehead atoms. The zero-order chi connectivity index (χ0) is 22.4. The molecule has 1 heterocycles. The van der Waals surface area contributed by atoms with Crippen LogP contribution in [0, 0.1) is 5.82 Å². The fourth-order valence-corrected chi connectivity index (χ4v) is 4.36. The highest BCUT2D eigenvalue weighted by atomic mass is 32.2. The molecule has 1 aromatic heterocycles. The van der Waals surface area contributed by atoms with E-state index in [9.17, 15) is 12.8 Å². The van der Waals surface area contributed by atoms with Crippen LogP contribution in [0.4, 0.5) is 4.39 Å². The SMILES string of the molecule is CCOc1cccc2cc(C(C)NC(=NC)NCCS(=O)(=O)c3ccccc3F)oc12. The number of sulfone groups is 1. The van der Waals surface area contributed by atoms with Crippen LogP contribution >= 0.6 is 0 Å². The number of nitrogens with zero attached hydrogens (tertiary/aromatic N) is 1. The van der Waals surface area contributed by atoms with Crippen LogP contribution in [0.2, 0.25) is 0 Å². The monoisotopic (exact) mass is 447 g/mol. The summed E-state index contributed by atoms with van der Waals surface area (Å²) in [7, 11) is -2.17. The molecule has 1 atom stereocenters. The van der Waals surface area contributed by atoms with E-state index in [2.05, 4.69) is 15.6 Å². The molecular formula is C22H26FN3O4S. The van der Waals surface area contributed by atoms with Crippen LogP contribution in [0.5, 0.6) is 5.75 Å². The summed E-state index contributed by atoms with van der Waals surface area (Å²) in [5.41, 5.74) is 0.673. The minimum absolute atomic E-state index is 0.0671. The molecule has 7 nitrogen and oxygen atoms in total. The summed E-state index contributed by atoms with van der Waals surface area (Å²) < 4.78 is 50.2. The van der Waals surface area contributed by atoms with Crippen LogP contribution in [0.1, 0.15) is 25.6 Å². The molecule has 9 heteroatoms. The first kappa shape index (κ1) is 22.6. The van der Waals surface area contributed by atoms with Gasteiger partial charge in [0.05, 0.1) is 18.4 Å². The molecule has 0 fully saturated rings. The number of nitrogens with one attached hydrogen (secondary N) is 2. The van der Waals surface area contributed by atoms with E-state index >= 15 is 0 Å². The summed E-state index contributed by atoms with van der Waals surface area (Å²) in [5.74, 6) is 0.741. The molecule has 0 spiro atoms. The third-order valence-electron chi connectivity index (χ3n) is 4.67. The van der Waals surface area contributed by atoms with E-state index in [1.807, 2.05) is 38.1 Å². The third kappa shape index (κ3) is 5.35. The molecule has 1 unspecified atom stereocenters. The molecule has 0 saturated heterocycles. The number of aliphatic imine (C=N–C) groups is 1. The van der Waals surface area contributed by atoms with E-state index < -0.39 is 15.7 Å². The molecule has 2 aromatic carbocycles. The topological polar surface area (TPSA) is 92.9 Å². The van der Waals surface area contributed by atoms with Crippen molar-refractivity contribution in [3.63, 3.8) is 0 Å². The second kappa shape index (κ2) is 9.82. The van der Waals surface area contributed by atoms with Crippen LogP contribution < -0.4 is 15.4 Å². The van der Waals surface area contributed by atoms with Crippen LogP contribution in [-0.4, -0.2) is 40.3 Å². The van der Waals surface area contributed by atoms with Crippen molar-refractivity contribution in [1.82, 2.24) is 10.6 Å². The van der Waals surface area contributed by atoms with Crippen molar-refractivity contribution < 1.29 is 22.0 Å². The lowest BCUT2D eigenvalue weighted by Gasteiger charge is -2.16. The number of benzene rings is 2. The molecule has 0 aliphatic rings. The average Bonchev–Trinajstić information content (AvgIpc) is 3.19. The summed E-state index contributed by atoms with van der Waals surface area (Å²) in [6, 6.07) is 12.7. The first-order chi connectivity index (χ1) is 14.9. The number of halogens is 1. The Bertz CT molecular complexity index is 1170. The molecule has 3 aromatic rings. The number of para-hydroxylation sites is 1. The van der Waals surface area contributed by atoms with Crippen molar-refractivity contribution in [2.24, 2.45) is 4.99 Å². The fraction of sp³-hybridized carbons (Fsp3) is 0.318. The van der Waals surface area contributed by atoms with Crippen molar-refractivity contribution >= 4 is 26.8 Å². The summed E-state index contributed by atoms with van der Waals surface area (Å²) >= 11 is 0. The molecule has 2 N–H and O–H groups in total. The number of hydrogen-bond donors (Lipinski definition) is 2. The highest BCUT2D eigenvalue weighted by Crippen LogP contribution is 2.31. The zero-order valence-electron chi connectivity index (χ0n) is 17.7. The number of ether oxygens (including phenoxy) is 1. The number of fused-ring (bicyclic) bond motifs is 1. The Morgan fingerprint density at radius 1 is 1.23 bits per heavy atom. The summed E-state index contributed by atoms with van der Waals surface area (Å²) in [6.45, 7) is 4.42. The van der Waals surface area contributed by atoms with E-state index in [0.717, 1.165) is 11.5 Å². The largest absolute Gasteiger partial charge is 0.490 e. The molecule has 3 rings (SSSR count). The molecule has 0 aliphatic heterocycles. The Morgan fingerprint density at radius 3 is 2.71 bits per heavy atom. The van der Waals surface area contributed by atoms with Crippen molar-refractivity contribution in [2.75, 3.05) is 26.0 Å². The highest BCUT2D eigenvalue weighted by Gasteiger charge is 2.19. The summed E-state index contributed by atoms with van der Waals surface area (Å²) in [6.07, 6.45) is 0. The van der Waals surface area contributed by atoms with E-state index in [1.54, 1.807) is 7.05 Å². The van der Waals surface area contributed by atoms with Gasteiger partial charge in [-0.1, -0.05) is 24.3 Å². The Kier molecular flexibility index (Phi) is 7.17. The maximum absolute atomic E-state index is 13.8. The predicted molar refractivity (Wildman–Crippen MR) is 119 cm³/mol. The average molecular weight is 448 g/mol. The van der Waals surface area contributed by atoms with E-state index in [1.165, 1.54) is 18.2 Å². The van der Waals surface area contributed by atoms with Gasteiger partial charge in [-0.15, -0.1) is 0 Å². The lowest BCUT2D eigenvalue weighted by atomic mass is 10.2. The van der Waals surface area contributed by atoms with Gasteiger partial charge in [-0.3, -0.25) is 4.99 Å². The highest BCUT2D eigenvalue weighted by molar-refractivity contribution is 7.91. The Morgan fingerprint density at radius 2 is 2.00 bits per heavy atom. The summed E-state index contributed by atoms with van der Waals surface area (Å²) in [4.78, 5) is 3.82. The fourth-order valence-electron chi connectivity index (χ4n) is 3.12. The molecule has 0 radical (unpaired) electrons. The quantitative estimate of drug-likeness (QED) is 0.404. The molecule has 0 saturated carbocycles. The normalized spacial score (nSPS) is 13.2. The van der Waals surface area contributed by atoms with Gasteiger partial charge in [-0.25, -0.2) is 12.8 Å². The molecule has 0 aliphatic carbocycles. The number of rotatable bonds is 8. The molecule has 166 valence electrons. The van der Waals surface area contributed by atoms with Crippen LogP contribution in [0.3, 0.4) is 0 Å². The minimum atomic E-state index is -3.76. The van der Waals surface area contributed by atoms with Crippen LogP contribution in [0.25, 0.3) is 11.0 Å². The lowest BCUT2D eigenvalue weighted by molar-refractivity contribution is 0.336. The second-order valence-electron chi connectivity index (χ2n) is 6.87. The van der Waals surface area contributed by atoms with Gasteiger partial charge < -0.3 is 19.8 Å². The first-order valence-electron chi connectivity index (χ1n) is 9.95. The van der Waals surface area contributed by atoms with Gasteiger partial charge in [-0.2, -0.15) is 0 Å². The van der Waals surface area contributed by atoms with E-state index in [4.69, 9.17) is 9.15 Å². The van der Waals surface area contributed by atoms with Gasteiger partial charge in [0, 0.05) is 19.0 Å². The van der Waals surface area contributed by atoms with Crippen molar-refractivity contribution in [3.05, 3.63) is 60.1 Å². The van der Waals surface area contributed by atoms with Crippen molar-refractivity contribution in [3.8, 4) is 5.75 Å². The molecule has 31 heavy (non-hydrogen) atoms. The minimum Gasteiger partial charge on any atom is -0.490 e. The van der Waals surface area contributed by atoms with Crippen LogP contribution in [0.15, 0.2) is 62.8 Å². The Balaban J connectivity index is 1.63.